The van der Waals surface area contributed by atoms with Crippen LogP contribution in [0.3, 0.4) is 0 Å². The molecular weight excluding hydrogens is 228 g/mol. The van der Waals surface area contributed by atoms with E-state index < -0.39 is 0 Å². The summed E-state index contributed by atoms with van der Waals surface area (Å²) < 4.78 is 0. The van der Waals surface area contributed by atoms with E-state index in [9.17, 15) is 0 Å². The summed E-state index contributed by atoms with van der Waals surface area (Å²) in [4.78, 5) is 0. The Kier molecular flexibility index (Phi) is 2.42. The van der Waals surface area contributed by atoms with Crippen molar-refractivity contribution < 1.29 is 0 Å². The SMILES string of the molecule is C#CC1=Cc2cc(C#C)cc3cc(C#C)cc(c23)C1. The van der Waals surface area contributed by atoms with Gasteiger partial charge in [0.05, 0.1) is 0 Å². The van der Waals surface area contributed by atoms with E-state index in [1.807, 2.05) is 30.3 Å². The lowest BCUT2D eigenvalue weighted by atomic mass is 9.87. The Balaban J connectivity index is 2.46. The first-order chi connectivity index (χ1) is 9.25. The van der Waals surface area contributed by atoms with Crippen molar-refractivity contribution in [2.45, 2.75) is 6.42 Å². The molecule has 0 radical (unpaired) electrons. The molecule has 2 aromatic carbocycles. The first-order valence-corrected chi connectivity index (χ1v) is 5.96. The van der Waals surface area contributed by atoms with Gasteiger partial charge in [0, 0.05) is 23.1 Å². The minimum Gasteiger partial charge on any atom is -0.115 e. The Hall–Kier alpha value is -2.88. The molecule has 0 spiro atoms. The van der Waals surface area contributed by atoms with Crippen LogP contribution < -0.4 is 0 Å². The second-order valence-corrected chi connectivity index (χ2v) is 4.58. The lowest BCUT2D eigenvalue weighted by Crippen LogP contribution is -1.99. The smallest absolute Gasteiger partial charge is 0.0254 e. The molecule has 2 aromatic rings. The van der Waals surface area contributed by atoms with Crippen LogP contribution in [0.5, 0.6) is 0 Å². The topological polar surface area (TPSA) is 0 Å². The van der Waals surface area contributed by atoms with E-state index >= 15 is 0 Å². The second kappa shape index (κ2) is 4.10. The van der Waals surface area contributed by atoms with Gasteiger partial charge in [0.15, 0.2) is 0 Å². The highest BCUT2D eigenvalue weighted by atomic mass is 14.2. The third-order valence-electron chi connectivity index (χ3n) is 3.39. The van der Waals surface area contributed by atoms with Crippen LogP contribution in [0, 0.1) is 37.0 Å². The number of hydrogen-bond donors (Lipinski definition) is 0. The first kappa shape index (κ1) is 11.2. The van der Waals surface area contributed by atoms with Crippen molar-refractivity contribution in [2.24, 2.45) is 0 Å². The fraction of sp³-hybridized carbons (Fsp3) is 0.0526. The molecule has 0 aromatic heterocycles. The second-order valence-electron chi connectivity index (χ2n) is 4.58. The number of rotatable bonds is 0. The molecule has 1 aliphatic carbocycles. The molecule has 0 heteroatoms. The predicted molar refractivity (Wildman–Crippen MR) is 80.3 cm³/mol. The van der Waals surface area contributed by atoms with Gasteiger partial charge < -0.3 is 0 Å². The zero-order valence-electron chi connectivity index (χ0n) is 10.3. The molecule has 0 N–H and O–H groups in total. The zero-order chi connectivity index (χ0) is 13.4. The van der Waals surface area contributed by atoms with Crippen LogP contribution in [0.1, 0.15) is 22.3 Å². The van der Waals surface area contributed by atoms with Gasteiger partial charge in [-0.3, -0.25) is 0 Å². The summed E-state index contributed by atoms with van der Waals surface area (Å²) in [6.45, 7) is 0. The van der Waals surface area contributed by atoms with E-state index in [1.165, 1.54) is 10.9 Å². The van der Waals surface area contributed by atoms with Crippen LogP contribution in [0.15, 0.2) is 29.8 Å². The quantitative estimate of drug-likeness (QED) is 0.617. The average Bonchev–Trinajstić information content (AvgIpc) is 2.46. The molecule has 0 saturated carbocycles. The van der Waals surface area contributed by atoms with E-state index in [1.54, 1.807) is 0 Å². The molecule has 0 aliphatic heterocycles. The van der Waals surface area contributed by atoms with Crippen LogP contribution in [-0.2, 0) is 6.42 Å². The number of terminal acetylenes is 3. The van der Waals surface area contributed by atoms with Gasteiger partial charge in [-0.2, -0.15) is 0 Å². The predicted octanol–water partition coefficient (Wildman–Crippen LogP) is 3.38. The average molecular weight is 238 g/mol. The molecular formula is C19H10. The van der Waals surface area contributed by atoms with Crippen molar-refractivity contribution in [2.75, 3.05) is 0 Å². The summed E-state index contributed by atoms with van der Waals surface area (Å²) in [6.07, 6.45) is 19.3. The number of allylic oxidation sites excluding steroid dienone is 1. The number of benzene rings is 2. The molecule has 0 nitrogen and oxygen atoms in total. The molecule has 0 fully saturated rings. The molecule has 86 valence electrons. The van der Waals surface area contributed by atoms with Crippen LogP contribution >= 0.6 is 0 Å². The minimum atomic E-state index is 0.755. The Morgan fingerprint density at radius 2 is 1.53 bits per heavy atom. The molecule has 0 saturated heterocycles. The Labute approximate surface area is 113 Å². The molecule has 0 amide bonds. The highest BCUT2D eigenvalue weighted by Gasteiger charge is 2.14. The van der Waals surface area contributed by atoms with Gasteiger partial charge >= 0.3 is 0 Å². The van der Waals surface area contributed by atoms with E-state index in [2.05, 4.69) is 17.8 Å². The van der Waals surface area contributed by atoms with Gasteiger partial charge in [-0.1, -0.05) is 17.8 Å². The van der Waals surface area contributed by atoms with Gasteiger partial charge in [-0.05, 0) is 52.2 Å². The van der Waals surface area contributed by atoms with Crippen LogP contribution in [0.25, 0.3) is 16.8 Å². The normalized spacial score (nSPS) is 12.2. The Morgan fingerprint density at radius 3 is 2.16 bits per heavy atom. The third-order valence-corrected chi connectivity index (χ3v) is 3.39. The molecule has 19 heavy (non-hydrogen) atoms. The Bertz CT molecular complexity index is 851. The zero-order valence-corrected chi connectivity index (χ0v) is 10.3. The molecule has 0 heterocycles. The fourth-order valence-corrected chi connectivity index (χ4v) is 2.60. The molecule has 0 unspecified atom stereocenters. The molecule has 0 atom stereocenters. The standard InChI is InChI=1S/C19H10/c1-4-13-7-16-9-14(5-2)11-18-12-15(6-3)10-17(8-13)19(16)18/h1-3,7-11H,12H2. The van der Waals surface area contributed by atoms with Crippen LogP contribution in [-0.4, -0.2) is 0 Å². The van der Waals surface area contributed by atoms with Crippen molar-refractivity contribution in [3.63, 3.8) is 0 Å². The maximum absolute atomic E-state index is 5.53. The van der Waals surface area contributed by atoms with Crippen molar-refractivity contribution in [1.29, 1.82) is 0 Å². The van der Waals surface area contributed by atoms with E-state index in [0.717, 1.165) is 34.1 Å². The summed E-state index contributed by atoms with van der Waals surface area (Å²) in [6, 6.07) is 8.03. The molecule has 3 rings (SSSR count). The van der Waals surface area contributed by atoms with Crippen LogP contribution in [0.2, 0.25) is 0 Å². The van der Waals surface area contributed by atoms with Gasteiger partial charge in [-0.25, -0.2) is 0 Å². The third kappa shape index (κ3) is 1.70. The number of hydrogen-bond acceptors (Lipinski definition) is 0. The monoisotopic (exact) mass is 238 g/mol. The lowest BCUT2D eigenvalue weighted by molar-refractivity contribution is 1.23. The van der Waals surface area contributed by atoms with Crippen LogP contribution in [0.4, 0.5) is 0 Å². The first-order valence-electron chi connectivity index (χ1n) is 5.96. The molecule has 0 bridgehead atoms. The lowest BCUT2D eigenvalue weighted by Gasteiger charge is -2.16. The highest BCUT2D eigenvalue weighted by Crippen LogP contribution is 2.33. The van der Waals surface area contributed by atoms with E-state index in [0.29, 0.717) is 0 Å². The van der Waals surface area contributed by atoms with Crippen molar-refractivity contribution >= 4 is 16.8 Å². The summed E-state index contributed by atoms with van der Waals surface area (Å²) >= 11 is 0. The van der Waals surface area contributed by atoms with Gasteiger partial charge in [0.1, 0.15) is 0 Å². The minimum absolute atomic E-state index is 0.755. The summed E-state index contributed by atoms with van der Waals surface area (Å²) in [5, 5.41) is 2.29. The van der Waals surface area contributed by atoms with Crippen molar-refractivity contribution in [3.05, 3.63) is 52.1 Å². The fourth-order valence-electron chi connectivity index (χ4n) is 2.60. The summed E-state index contributed by atoms with van der Waals surface area (Å²) in [5.41, 5.74) is 4.93. The maximum Gasteiger partial charge on any atom is 0.0254 e. The van der Waals surface area contributed by atoms with Crippen molar-refractivity contribution in [1.82, 2.24) is 0 Å². The molecule has 1 aliphatic rings. The van der Waals surface area contributed by atoms with Gasteiger partial charge in [-0.15, -0.1) is 19.3 Å². The summed E-state index contributed by atoms with van der Waals surface area (Å²) in [7, 11) is 0. The Morgan fingerprint density at radius 1 is 0.842 bits per heavy atom. The summed E-state index contributed by atoms with van der Waals surface area (Å²) in [5.74, 6) is 8.08. The highest BCUT2D eigenvalue weighted by molar-refractivity contribution is 5.98. The van der Waals surface area contributed by atoms with Crippen molar-refractivity contribution in [3.8, 4) is 37.0 Å². The van der Waals surface area contributed by atoms with E-state index in [4.69, 9.17) is 19.3 Å². The largest absolute Gasteiger partial charge is 0.115 e. The van der Waals surface area contributed by atoms with Gasteiger partial charge in [0.2, 0.25) is 0 Å². The van der Waals surface area contributed by atoms with Gasteiger partial charge in [0.25, 0.3) is 0 Å². The maximum atomic E-state index is 5.53. The van der Waals surface area contributed by atoms with E-state index in [-0.39, 0.29) is 0 Å².